The van der Waals surface area contributed by atoms with Crippen LogP contribution in [-0.4, -0.2) is 138 Å². The lowest BCUT2D eigenvalue weighted by molar-refractivity contribution is 0.0438. The molecule has 2 saturated heterocycles. The van der Waals surface area contributed by atoms with Gasteiger partial charge >= 0.3 is 27.7 Å². The molecule has 0 radical (unpaired) electrons. The highest BCUT2D eigenvalue weighted by Gasteiger charge is 2.39. The van der Waals surface area contributed by atoms with Gasteiger partial charge in [0.25, 0.3) is 0 Å². The first-order valence-electron chi connectivity index (χ1n) is 19.2. The van der Waals surface area contributed by atoms with Gasteiger partial charge in [-0.15, -0.1) is 10.9 Å². The number of aliphatic hydroxyl groups is 4. The summed E-state index contributed by atoms with van der Waals surface area (Å²) in [5.41, 5.74) is 2.45. The van der Waals surface area contributed by atoms with E-state index in [0.717, 1.165) is 5.46 Å². The molecule has 0 spiro atoms. The van der Waals surface area contributed by atoms with Crippen molar-refractivity contribution in [3.8, 4) is 0 Å². The number of hydrogen-bond acceptors (Lipinski definition) is 16. The first-order chi connectivity index (χ1) is 27.1. The topological polar surface area (TPSA) is 299 Å². The third-order valence-electron chi connectivity index (χ3n) is 8.83. The molecule has 0 saturated carbocycles. The predicted octanol–water partition coefficient (Wildman–Crippen LogP) is -0.828. The van der Waals surface area contributed by atoms with Crippen molar-refractivity contribution in [2.45, 2.75) is 104 Å². The Hall–Kier alpha value is -3.50. The Kier molecular flexibility index (Phi) is 29.0. The van der Waals surface area contributed by atoms with Gasteiger partial charge in [0.05, 0.1) is 36.6 Å². The first-order valence-corrected chi connectivity index (χ1v) is 19.2. The zero-order valence-corrected chi connectivity index (χ0v) is 35.5. The van der Waals surface area contributed by atoms with Gasteiger partial charge in [-0.2, -0.15) is 0 Å². The van der Waals surface area contributed by atoms with Gasteiger partial charge in [-0.25, -0.2) is 0 Å². The molecule has 0 aliphatic carbocycles. The fourth-order valence-corrected chi connectivity index (χ4v) is 4.44. The van der Waals surface area contributed by atoms with Crippen molar-refractivity contribution in [1.82, 2.24) is 0 Å². The molecule has 60 heavy (non-hydrogen) atoms. The van der Waals surface area contributed by atoms with Gasteiger partial charge in [0.2, 0.25) is 0 Å². The van der Waals surface area contributed by atoms with Crippen molar-refractivity contribution in [2.24, 2.45) is 0 Å². The fraction of sp³-hybridized carbons (Fsp3) is 0.400. The van der Waals surface area contributed by atoms with Gasteiger partial charge in [-0.3, -0.25) is 0 Å². The van der Waals surface area contributed by atoms with E-state index in [4.69, 9.17) is 64.2 Å². The SMILES string of the molecule is CC(O)C(C)O.CC(O)C(C)O.CC1OB(c2ccccc2)OC1C.CC1O[B-](O)(c2ccccc2)OC1C.OB(O)c1ccccc1.O[B-](O)(O)c1ccccc1.[OH-].[OH-]. The van der Waals surface area contributed by atoms with Gasteiger partial charge in [0, 0.05) is 12.2 Å². The summed E-state index contributed by atoms with van der Waals surface area (Å²) in [6.07, 6.45) is -2.14. The van der Waals surface area contributed by atoms with Gasteiger partial charge < -0.3 is 80.1 Å². The molecule has 0 aromatic heterocycles. The zero-order chi connectivity index (χ0) is 44.1. The molecule has 2 fully saturated rings. The second-order valence-corrected chi connectivity index (χ2v) is 14.1. The van der Waals surface area contributed by atoms with E-state index in [1.54, 1.807) is 70.2 Å². The summed E-state index contributed by atoms with van der Waals surface area (Å²) in [7, 11) is -1.52. The molecule has 2 aliphatic heterocycles. The minimum absolute atomic E-state index is 0. The van der Waals surface area contributed by atoms with E-state index < -0.39 is 45.0 Å². The average Bonchev–Trinajstić information content (AvgIpc) is 3.68. The Morgan fingerprint density at radius 2 is 0.850 bits per heavy atom. The monoisotopic (exact) mass is 844 g/mol. The average molecular weight is 844 g/mol. The Morgan fingerprint density at radius 3 is 1.13 bits per heavy atom. The van der Waals surface area contributed by atoms with Crippen molar-refractivity contribution >= 4 is 49.6 Å². The summed E-state index contributed by atoms with van der Waals surface area (Å²) in [5, 5.41) is 86.8. The van der Waals surface area contributed by atoms with Crippen LogP contribution in [0.15, 0.2) is 121 Å². The molecule has 0 amide bonds. The van der Waals surface area contributed by atoms with Crippen LogP contribution in [0.5, 0.6) is 0 Å². The number of benzene rings is 4. The lowest BCUT2D eigenvalue weighted by Crippen LogP contribution is -2.50. The van der Waals surface area contributed by atoms with E-state index in [-0.39, 0.29) is 47.9 Å². The lowest BCUT2D eigenvalue weighted by Gasteiger charge is -2.29. The van der Waals surface area contributed by atoms with Crippen LogP contribution in [0.25, 0.3) is 0 Å². The highest BCUT2D eigenvalue weighted by molar-refractivity contribution is 6.74. The van der Waals surface area contributed by atoms with Gasteiger partial charge in [0.1, 0.15) is 0 Å². The Labute approximate surface area is 354 Å². The van der Waals surface area contributed by atoms with Crippen molar-refractivity contribution in [3.05, 3.63) is 121 Å². The summed E-state index contributed by atoms with van der Waals surface area (Å²) < 4.78 is 22.2. The lowest BCUT2D eigenvalue weighted by atomic mass is 9.70. The van der Waals surface area contributed by atoms with Crippen LogP contribution in [0.1, 0.15) is 55.4 Å². The molecule has 336 valence electrons. The van der Waals surface area contributed by atoms with E-state index in [0.29, 0.717) is 10.9 Å². The van der Waals surface area contributed by atoms with E-state index in [1.165, 1.54) is 12.1 Å². The second kappa shape index (κ2) is 29.7. The zero-order valence-electron chi connectivity index (χ0n) is 35.5. The Bertz CT molecular complexity index is 1560. The summed E-state index contributed by atoms with van der Waals surface area (Å²) in [5.74, 6) is 0. The van der Waals surface area contributed by atoms with Crippen LogP contribution in [0, 0.1) is 0 Å². The third-order valence-corrected chi connectivity index (χ3v) is 8.83. The summed E-state index contributed by atoms with van der Waals surface area (Å²) in [4.78, 5) is 0. The molecule has 4 aromatic carbocycles. The third kappa shape index (κ3) is 22.9. The van der Waals surface area contributed by atoms with Gasteiger partial charge in [-0.05, 0) is 66.3 Å². The summed E-state index contributed by atoms with van der Waals surface area (Å²) >= 11 is 0. The quantitative estimate of drug-likeness (QED) is 0.106. The molecule has 0 bridgehead atoms. The fourth-order valence-electron chi connectivity index (χ4n) is 4.44. The highest BCUT2D eigenvalue weighted by Crippen LogP contribution is 2.22. The van der Waals surface area contributed by atoms with Crippen molar-refractivity contribution < 1.29 is 80.1 Å². The molecular formula is C40H64B4O16-4. The van der Waals surface area contributed by atoms with Gasteiger partial charge in [-0.1, -0.05) is 121 Å². The standard InChI is InChI=1S/C10H14BO3.C10H13BO2.C6H8BO3.C6H7BO2.2C4H10O2.2H2O/c1-8-9(2)14-11(12,13-8)10-6-4-3-5-7-10;1-8-9(2)13-11(12-8)10-6-4-3-5-7-10;8-7(9,10)6-4-2-1-3-5-6;8-7(9)6-4-2-1-3-5-6;2*1-3(5)4(2)6;;/h3-9,12H,1-2H3;3-9H,1-2H3;1-5,8-10H;1-5,8-9H;2*3-6H,1-2H3;2*1H2/q-1;;-1;;;;;/p-2. The molecule has 8 unspecified atom stereocenters. The van der Waals surface area contributed by atoms with E-state index in [9.17, 15) is 5.02 Å². The second-order valence-electron chi connectivity index (χ2n) is 14.1. The Morgan fingerprint density at radius 1 is 0.533 bits per heavy atom. The molecular weight excluding hydrogens is 780 g/mol. The maximum atomic E-state index is 10.1. The van der Waals surface area contributed by atoms with Crippen LogP contribution in [0.4, 0.5) is 0 Å². The van der Waals surface area contributed by atoms with E-state index in [2.05, 4.69) is 0 Å². The Balaban J connectivity index is 0. The molecule has 20 heteroatoms. The van der Waals surface area contributed by atoms with Crippen molar-refractivity contribution in [3.63, 3.8) is 0 Å². The number of aliphatic hydroxyl groups excluding tert-OH is 4. The maximum absolute atomic E-state index is 10.1. The largest absolute Gasteiger partial charge is 0.870 e. The number of hydrogen-bond donors (Lipinski definition) is 10. The van der Waals surface area contributed by atoms with E-state index in [1.807, 2.05) is 94.4 Å². The van der Waals surface area contributed by atoms with E-state index >= 15 is 0 Å². The van der Waals surface area contributed by atoms with Crippen LogP contribution in [-0.2, 0) is 18.6 Å². The van der Waals surface area contributed by atoms with Gasteiger partial charge in [0.15, 0.2) is 0 Å². The first kappa shape index (κ1) is 58.6. The summed E-state index contributed by atoms with van der Waals surface area (Å²) in [6, 6.07) is 35.8. The van der Waals surface area contributed by atoms with Crippen LogP contribution in [0.2, 0.25) is 0 Å². The molecule has 16 nitrogen and oxygen atoms in total. The minimum Gasteiger partial charge on any atom is -0.870 e. The molecule has 4 aromatic rings. The maximum Gasteiger partial charge on any atom is 0.494 e. The number of rotatable bonds is 6. The normalized spacial score (nSPS) is 22.1. The highest BCUT2D eigenvalue weighted by atomic mass is 16.7. The van der Waals surface area contributed by atoms with Crippen LogP contribution >= 0.6 is 0 Å². The molecule has 8 atom stereocenters. The van der Waals surface area contributed by atoms with Crippen LogP contribution in [0.3, 0.4) is 0 Å². The smallest absolute Gasteiger partial charge is 0.494 e. The molecule has 2 aliphatic rings. The molecule has 12 N–H and O–H groups in total. The van der Waals surface area contributed by atoms with Crippen molar-refractivity contribution in [1.29, 1.82) is 0 Å². The molecule has 6 rings (SSSR count). The van der Waals surface area contributed by atoms with Crippen LogP contribution < -0.4 is 21.9 Å². The molecule has 2 heterocycles. The summed E-state index contributed by atoms with van der Waals surface area (Å²) in [6.45, 7) is 8.49. The van der Waals surface area contributed by atoms with Crippen molar-refractivity contribution in [2.75, 3.05) is 0 Å². The minimum atomic E-state index is -3.30. The predicted molar refractivity (Wildman–Crippen MR) is 233 cm³/mol.